The molecule has 9 heteroatoms. The zero-order valence-electron chi connectivity index (χ0n) is 12.1. The van der Waals surface area contributed by atoms with E-state index in [-0.39, 0.29) is 5.88 Å². The molecule has 0 aromatic carbocycles. The molecule has 0 fully saturated rings. The van der Waals surface area contributed by atoms with Crippen molar-refractivity contribution in [3.8, 4) is 11.5 Å². The molecule has 3 aromatic rings. The standard InChI is InChI=1S/C14H12N6O3/c1-19-9-10(8-16-17-12-4-2-3-7-15-12)14(18-19)11-5-6-13(23-11)20(21)22/h2-9H,1H3,(H,15,17). The van der Waals surface area contributed by atoms with Crippen LogP contribution in [0, 0.1) is 10.1 Å². The predicted octanol–water partition coefficient (Wildman–Crippen LogP) is 2.43. The summed E-state index contributed by atoms with van der Waals surface area (Å²) in [5, 5.41) is 19.0. The third-order valence-corrected chi connectivity index (χ3v) is 2.91. The lowest BCUT2D eigenvalue weighted by molar-refractivity contribution is -0.401. The molecule has 3 heterocycles. The highest BCUT2D eigenvalue weighted by molar-refractivity contribution is 5.87. The Morgan fingerprint density at radius 3 is 2.96 bits per heavy atom. The third kappa shape index (κ3) is 3.23. The minimum absolute atomic E-state index is 0.302. The Kier molecular flexibility index (Phi) is 3.83. The van der Waals surface area contributed by atoms with Gasteiger partial charge in [-0.2, -0.15) is 10.2 Å². The van der Waals surface area contributed by atoms with Crippen molar-refractivity contribution in [1.29, 1.82) is 0 Å². The summed E-state index contributed by atoms with van der Waals surface area (Å²) in [6.07, 6.45) is 4.92. The van der Waals surface area contributed by atoms with Crippen LogP contribution in [0.25, 0.3) is 11.5 Å². The van der Waals surface area contributed by atoms with E-state index < -0.39 is 4.92 Å². The van der Waals surface area contributed by atoms with Crippen molar-refractivity contribution in [3.05, 3.63) is 58.4 Å². The lowest BCUT2D eigenvalue weighted by Gasteiger charge is -1.97. The fraction of sp³-hybridized carbons (Fsp3) is 0.0714. The van der Waals surface area contributed by atoms with Gasteiger partial charge in [0.05, 0.1) is 12.3 Å². The second-order valence-corrected chi connectivity index (χ2v) is 4.59. The number of aryl methyl sites for hydroxylation is 1. The summed E-state index contributed by atoms with van der Waals surface area (Å²) in [5.74, 6) is 0.569. The van der Waals surface area contributed by atoms with Gasteiger partial charge in [-0.25, -0.2) is 4.98 Å². The number of hydrogen-bond acceptors (Lipinski definition) is 7. The average Bonchev–Trinajstić information content (AvgIpc) is 3.15. The number of aromatic nitrogens is 3. The van der Waals surface area contributed by atoms with Crippen molar-refractivity contribution in [3.63, 3.8) is 0 Å². The number of furan rings is 1. The number of hydrazone groups is 1. The van der Waals surface area contributed by atoms with Crippen LogP contribution in [0.4, 0.5) is 11.7 Å². The van der Waals surface area contributed by atoms with E-state index in [2.05, 4.69) is 20.6 Å². The van der Waals surface area contributed by atoms with Gasteiger partial charge in [0.15, 0.2) is 5.76 Å². The zero-order chi connectivity index (χ0) is 16.2. The molecule has 0 atom stereocenters. The van der Waals surface area contributed by atoms with Crippen LogP contribution in [-0.2, 0) is 7.05 Å². The fourth-order valence-electron chi connectivity index (χ4n) is 1.94. The highest BCUT2D eigenvalue weighted by atomic mass is 16.6. The second-order valence-electron chi connectivity index (χ2n) is 4.59. The number of anilines is 1. The molecule has 23 heavy (non-hydrogen) atoms. The molecular formula is C14H12N6O3. The first kappa shape index (κ1) is 14.4. The maximum Gasteiger partial charge on any atom is 0.433 e. The SMILES string of the molecule is Cn1cc(C=NNc2ccccn2)c(-c2ccc([N+](=O)[O-])o2)n1. The smallest absolute Gasteiger partial charge is 0.399 e. The summed E-state index contributed by atoms with van der Waals surface area (Å²) in [7, 11) is 1.74. The molecule has 0 radical (unpaired) electrons. The summed E-state index contributed by atoms with van der Waals surface area (Å²) in [6.45, 7) is 0. The fourth-order valence-corrected chi connectivity index (χ4v) is 1.94. The molecule has 0 spiro atoms. The maximum absolute atomic E-state index is 10.7. The molecule has 0 aliphatic rings. The predicted molar refractivity (Wildman–Crippen MR) is 83.0 cm³/mol. The van der Waals surface area contributed by atoms with Crippen LogP contribution >= 0.6 is 0 Å². The molecule has 0 saturated heterocycles. The monoisotopic (exact) mass is 312 g/mol. The lowest BCUT2D eigenvalue weighted by Crippen LogP contribution is -1.92. The second kappa shape index (κ2) is 6.10. The minimum atomic E-state index is -0.594. The van der Waals surface area contributed by atoms with Crippen LogP contribution in [0.5, 0.6) is 0 Å². The first-order chi connectivity index (χ1) is 11.1. The summed E-state index contributed by atoms with van der Waals surface area (Å²) < 4.78 is 6.76. The van der Waals surface area contributed by atoms with E-state index in [0.29, 0.717) is 22.8 Å². The van der Waals surface area contributed by atoms with E-state index in [1.807, 2.05) is 6.07 Å². The number of pyridine rings is 1. The highest BCUT2D eigenvalue weighted by Crippen LogP contribution is 2.26. The zero-order valence-corrected chi connectivity index (χ0v) is 12.1. The molecule has 0 aliphatic heterocycles. The van der Waals surface area contributed by atoms with E-state index in [1.54, 1.807) is 42.5 Å². The Bertz CT molecular complexity index is 853. The molecule has 0 aliphatic carbocycles. The van der Waals surface area contributed by atoms with Crippen LogP contribution in [0.15, 0.2) is 52.2 Å². The van der Waals surface area contributed by atoms with Crippen molar-refractivity contribution in [2.45, 2.75) is 0 Å². The van der Waals surface area contributed by atoms with Gasteiger partial charge >= 0.3 is 5.88 Å². The Hall–Kier alpha value is -3.49. The van der Waals surface area contributed by atoms with Crippen LogP contribution < -0.4 is 5.43 Å². The Morgan fingerprint density at radius 1 is 1.39 bits per heavy atom. The number of nitrogens with zero attached hydrogens (tertiary/aromatic N) is 5. The molecule has 9 nitrogen and oxygen atoms in total. The molecule has 3 aromatic heterocycles. The number of nitro groups is 1. The average molecular weight is 312 g/mol. The normalized spacial score (nSPS) is 11.0. The van der Waals surface area contributed by atoms with Gasteiger partial charge in [-0.3, -0.25) is 20.2 Å². The molecule has 0 saturated carbocycles. The number of nitrogens with one attached hydrogen (secondary N) is 1. The van der Waals surface area contributed by atoms with Gasteiger partial charge < -0.3 is 4.42 Å². The van der Waals surface area contributed by atoms with Crippen LogP contribution in [0.2, 0.25) is 0 Å². The Labute approximate surface area is 130 Å². The van der Waals surface area contributed by atoms with Crippen molar-refractivity contribution in [2.24, 2.45) is 12.1 Å². The first-order valence-corrected chi connectivity index (χ1v) is 6.62. The van der Waals surface area contributed by atoms with Crippen LogP contribution in [-0.4, -0.2) is 25.9 Å². The molecule has 0 bridgehead atoms. The van der Waals surface area contributed by atoms with E-state index in [0.717, 1.165) is 0 Å². The van der Waals surface area contributed by atoms with Gasteiger partial charge in [-0.1, -0.05) is 6.07 Å². The van der Waals surface area contributed by atoms with Gasteiger partial charge in [-0.05, 0) is 18.2 Å². The number of rotatable bonds is 5. The van der Waals surface area contributed by atoms with E-state index in [4.69, 9.17) is 4.42 Å². The third-order valence-electron chi connectivity index (χ3n) is 2.91. The van der Waals surface area contributed by atoms with E-state index in [9.17, 15) is 10.1 Å². The molecule has 0 amide bonds. The minimum Gasteiger partial charge on any atom is -0.399 e. The van der Waals surface area contributed by atoms with E-state index >= 15 is 0 Å². The summed E-state index contributed by atoms with van der Waals surface area (Å²) in [6, 6.07) is 8.21. The van der Waals surface area contributed by atoms with Crippen LogP contribution in [0.1, 0.15) is 5.56 Å². The Morgan fingerprint density at radius 2 is 2.26 bits per heavy atom. The van der Waals surface area contributed by atoms with Gasteiger partial charge in [0, 0.05) is 25.0 Å². The topological polar surface area (TPSA) is 111 Å². The number of hydrogen-bond donors (Lipinski definition) is 1. The summed E-state index contributed by atoms with van der Waals surface area (Å²) in [4.78, 5) is 14.2. The molecule has 0 unspecified atom stereocenters. The molecule has 116 valence electrons. The van der Waals surface area contributed by atoms with Crippen molar-refractivity contribution >= 4 is 17.9 Å². The molecule has 1 N–H and O–H groups in total. The summed E-state index contributed by atoms with van der Waals surface area (Å²) in [5.41, 5.74) is 3.90. The van der Waals surface area contributed by atoms with Gasteiger partial charge in [0.25, 0.3) is 0 Å². The molecule has 3 rings (SSSR count). The molecular weight excluding hydrogens is 300 g/mol. The van der Waals surface area contributed by atoms with Crippen molar-refractivity contribution in [1.82, 2.24) is 14.8 Å². The maximum atomic E-state index is 10.7. The largest absolute Gasteiger partial charge is 0.433 e. The van der Waals surface area contributed by atoms with Gasteiger partial charge in [-0.15, -0.1) is 0 Å². The van der Waals surface area contributed by atoms with Crippen molar-refractivity contribution < 1.29 is 9.34 Å². The highest BCUT2D eigenvalue weighted by Gasteiger charge is 2.17. The first-order valence-electron chi connectivity index (χ1n) is 6.62. The van der Waals surface area contributed by atoms with Crippen LogP contribution in [0.3, 0.4) is 0 Å². The van der Waals surface area contributed by atoms with E-state index in [1.165, 1.54) is 12.1 Å². The Balaban J connectivity index is 1.84. The van der Waals surface area contributed by atoms with Gasteiger partial charge in [0.2, 0.25) is 0 Å². The van der Waals surface area contributed by atoms with Crippen molar-refractivity contribution in [2.75, 3.05) is 5.43 Å². The lowest BCUT2D eigenvalue weighted by atomic mass is 10.2. The quantitative estimate of drug-likeness (QED) is 0.440. The van der Waals surface area contributed by atoms with Gasteiger partial charge in [0.1, 0.15) is 16.4 Å². The summed E-state index contributed by atoms with van der Waals surface area (Å²) >= 11 is 0.